The molecule has 4 aliphatic rings. The predicted octanol–water partition coefficient (Wildman–Crippen LogP) is 9.22. The van der Waals surface area contributed by atoms with Crippen LogP contribution in [0.1, 0.15) is 126 Å². The predicted molar refractivity (Wildman–Crippen MR) is 166 cm³/mol. The lowest BCUT2D eigenvalue weighted by Gasteiger charge is -2.55. The molecule has 45 heavy (non-hydrogen) atoms. The maximum atomic E-state index is 13.0. The van der Waals surface area contributed by atoms with E-state index in [1.54, 1.807) is 13.2 Å². The number of ether oxygens (including phenoxy) is 1. The van der Waals surface area contributed by atoms with Crippen molar-refractivity contribution in [2.24, 2.45) is 28.6 Å². The van der Waals surface area contributed by atoms with E-state index in [0.717, 1.165) is 82.6 Å². The van der Waals surface area contributed by atoms with Gasteiger partial charge in [0.1, 0.15) is 5.75 Å². The second kappa shape index (κ2) is 13.7. The lowest BCUT2D eigenvalue weighted by Crippen LogP contribution is -2.48. The van der Waals surface area contributed by atoms with Crippen LogP contribution in [0.3, 0.4) is 0 Å². The van der Waals surface area contributed by atoms with Crippen LogP contribution in [0.25, 0.3) is 0 Å². The van der Waals surface area contributed by atoms with Gasteiger partial charge in [-0.25, -0.2) is 0 Å². The molecule has 1 aromatic rings. The number of benzene rings is 1. The number of aliphatic hydroxyl groups excluding tert-OH is 1. The van der Waals surface area contributed by atoms with Crippen molar-refractivity contribution in [3.63, 3.8) is 0 Å². The lowest BCUT2D eigenvalue weighted by atomic mass is 9.50. The average Bonchev–Trinajstić information content (AvgIpc) is 3.76. The first-order chi connectivity index (χ1) is 21.3. The van der Waals surface area contributed by atoms with Crippen LogP contribution in [0, 0.1) is 28.6 Å². The van der Waals surface area contributed by atoms with Gasteiger partial charge in [-0.05, 0) is 104 Å². The van der Waals surface area contributed by atoms with Gasteiger partial charge in [0, 0.05) is 41.3 Å². The van der Waals surface area contributed by atoms with Crippen molar-refractivity contribution in [3.05, 3.63) is 29.3 Å². The largest absolute Gasteiger partial charge is 0.508 e. The molecule has 3 fully saturated rings. The van der Waals surface area contributed by atoms with Gasteiger partial charge in [0.25, 0.3) is 0 Å². The van der Waals surface area contributed by atoms with Crippen LogP contribution in [-0.4, -0.2) is 51.2 Å². The maximum Gasteiger partial charge on any atom is 0.453 e. The zero-order chi connectivity index (χ0) is 32.6. The molecule has 0 amide bonds. The van der Waals surface area contributed by atoms with E-state index in [4.69, 9.17) is 4.74 Å². The highest BCUT2D eigenvalue weighted by atomic mass is 32.2. The summed E-state index contributed by atoms with van der Waals surface area (Å²) < 4.78 is 81.1. The molecule has 3 saturated carbocycles. The Kier molecular flexibility index (Phi) is 10.7. The molecule has 5 unspecified atom stereocenters. The van der Waals surface area contributed by atoms with E-state index in [2.05, 4.69) is 13.0 Å². The fourth-order valence-electron chi connectivity index (χ4n) is 9.87. The maximum absolute atomic E-state index is 13.0. The molecule has 2 N–H and O–H groups in total. The monoisotopic (exact) mass is 662 g/mol. The second-order valence-corrected chi connectivity index (χ2v) is 16.4. The van der Waals surface area contributed by atoms with E-state index in [1.807, 2.05) is 6.07 Å². The standard InChI is InChI=1S/C35H51F5O4S/c1-32-16-14-25-24-13-12-23(41)21-27(24)31(44-2)26(30(25)28(32)22-29(42)33(32)17-18-33)11-8-6-4-3-5-7-9-19-45(43)20-10-15-34(36,37)35(38,39)40/h12-13,21,25-26,28-31,41-42H,3-11,14-20,22H2,1-2H3/t25?,26?,28?,29-,30?,31-,32+,45?/m1/s1. The van der Waals surface area contributed by atoms with Crippen LogP contribution in [-0.2, 0) is 15.5 Å². The Hall–Kier alpha value is -1.26. The minimum absolute atomic E-state index is 0.0795. The number of methoxy groups -OCH3 is 1. The fraction of sp³-hybridized carbons (Fsp3) is 0.829. The fourth-order valence-corrected chi connectivity index (χ4v) is 11.1. The molecular formula is C35H51F5O4S. The molecule has 0 radical (unpaired) electrons. The molecule has 0 heterocycles. The van der Waals surface area contributed by atoms with Crippen LogP contribution >= 0.6 is 0 Å². The summed E-state index contributed by atoms with van der Waals surface area (Å²) in [6, 6.07) is 5.81. The van der Waals surface area contributed by atoms with Crippen molar-refractivity contribution < 1.29 is 41.1 Å². The molecule has 5 rings (SSSR count). The lowest BCUT2D eigenvalue weighted by molar-refractivity contribution is -0.284. The molecule has 8 atom stereocenters. The van der Waals surface area contributed by atoms with Gasteiger partial charge in [-0.2, -0.15) is 22.0 Å². The van der Waals surface area contributed by atoms with Crippen molar-refractivity contribution in [3.8, 4) is 5.75 Å². The quantitative estimate of drug-likeness (QED) is 0.145. The number of unbranched alkanes of at least 4 members (excludes halogenated alkanes) is 6. The SMILES string of the molecule is CO[C@H]1c2cc(O)ccc2C2CC[C@@]3(C)C(C[C@@H](O)C34CC4)C2C1CCCCCCCCCS(=O)CCCC(F)(F)C(F)(F)F. The van der Waals surface area contributed by atoms with E-state index in [0.29, 0.717) is 35.8 Å². The first kappa shape index (κ1) is 35.1. The summed E-state index contributed by atoms with van der Waals surface area (Å²) >= 11 is 0. The molecule has 0 saturated heterocycles. The third kappa shape index (κ3) is 6.85. The number of fused-ring (bicyclic) bond motifs is 6. The normalized spacial score (nSPS) is 32.6. The Morgan fingerprint density at radius 3 is 2.22 bits per heavy atom. The van der Waals surface area contributed by atoms with E-state index < -0.39 is 35.7 Å². The van der Waals surface area contributed by atoms with Crippen molar-refractivity contribution in [2.45, 2.75) is 133 Å². The molecular weight excluding hydrogens is 611 g/mol. The summed E-state index contributed by atoms with van der Waals surface area (Å²) in [5.41, 5.74) is 2.70. The van der Waals surface area contributed by atoms with Crippen LogP contribution in [0.5, 0.6) is 5.75 Å². The van der Waals surface area contributed by atoms with Crippen molar-refractivity contribution >= 4 is 10.8 Å². The highest BCUT2D eigenvalue weighted by molar-refractivity contribution is 7.84. The number of alkyl halides is 5. The highest BCUT2D eigenvalue weighted by Crippen LogP contribution is 2.77. The third-order valence-corrected chi connectivity index (χ3v) is 13.9. The van der Waals surface area contributed by atoms with Gasteiger partial charge in [-0.1, -0.05) is 51.5 Å². The van der Waals surface area contributed by atoms with Crippen molar-refractivity contribution in [1.82, 2.24) is 0 Å². The summed E-state index contributed by atoms with van der Waals surface area (Å²) in [6.07, 6.45) is 5.69. The summed E-state index contributed by atoms with van der Waals surface area (Å²) in [6.45, 7) is 2.45. The summed E-state index contributed by atoms with van der Waals surface area (Å²) in [5, 5.41) is 21.6. The van der Waals surface area contributed by atoms with E-state index in [9.17, 15) is 36.4 Å². The molecule has 4 aliphatic carbocycles. The first-order valence-electron chi connectivity index (χ1n) is 17.1. The van der Waals surface area contributed by atoms with Gasteiger partial charge in [0.2, 0.25) is 0 Å². The Bertz CT molecular complexity index is 1190. The first-order valence-corrected chi connectivity index (χ1v) is 18.6. The third-order valence-electron chi connectivity index (χ3n) is 12.4. The number of aromatic hydroxyl groups is 1. The summed E-state index contributed by atoms with van der Waals surface area (Å²) in [5.74, 6) is -2.58. The van der Waals surface area contributed by atoms with Gasteiger partial charge in [-0.15, -0.1) is 0 Å². The highest BCUT2D eigenvalue weighted by Gasteiger charge is 2.71. The van der Waals surface area contributed by atoms with E-state index in [1.165, 1.54) is 5.56 Å². The topological polar surface area (TPSA) is 66.8 Å². The Morgan fingerprint density at radius 1 is 0.933 bits per heavy atom. The Balaban J connectivity index is 1.09. The number of phenols is 1. The molecule has 1 aromatic carbocycles. The van der Waals surface area contributed by atoms with Crippen LogP contribution in [0.4, 0.5) is 22.0 Å². The summed E-state index contributed by atoms with van der Waals surface area (Å²) in [7, 11) is 0.410. The van der Waals surface area contributed by atoms with Gasteiger partial charge in [0.05, 0.1) is 12.2 Å². The van der Waals surface area contributed by atoms with Crippen molar-refractivity contribution in [2.75, 3.05) is 18.6 Å². The molecule has 0 aromatic heterocycles. The minimum atomic E-state index is -5.55. The molecule has 4 nitrogen and oxygen atoms in total. The number of halogens is 5. The van der Waals surface area contributed by atoms with Crippen LogP contribution < -0.4 is 0 Å². The number of hydrogen-bond donors (Lipinski definition) is 2. The number of rotatable bonds is 15. The zero-order valence-corrected chi connectivity index (χ0v) is 27.5. The average molecular weight is 663 g/mol. The second-order valence-electron chi connectivity index (χ2n) is 14.7. The molecule has 0 bridgehead atoms. The molecule has 1 spiro atoms. The van der Waals surface area contributed by atoms with Gasteiger partial charge in [0.15, 0.2) is 0 Å². The van der Waals surface area contributed by atoms with Crippen molar-refractivity contribution in [1.29, 1.82) is 0 Å². The zero-order valence-electron chi connectivity index (χ0n) is 26.7. The minimum Gasteiger partial charge on any atom is -0.508 e. The number of phenolic OH excluding ortho intramolecular Hbond substituents is 1. The molecule has 256 valence electrons. The molecule has 0 aliphatic heterocycles. The van der Waals surface area contributed by atoms with Crippen LogP contribution in [0.15, 0.2) is 18.2 Å². The van der Waals surface area contributed by atoms with E-state index >= 15 is 0 Å². The van der Waals surface area contributed by atoms with E-state index in [-0.39, 0.29) is 34.5 Å². The Labute approximate surface area is 267 Å². The Morgan fingerprint density at radius 2 is 1.58 bits per heavy atom. The van der Waals surface area contributed by atoms with Gasteiger partial charge >= 0.3 is 12.1 Å². The van der Waals surface area contributed by atoms with Gasteiger partial charge in [-0.3, -0.25) is 4.21 Å². The van der Waals surface area contributed by atoms with Gasteiger partial charge < -0.3 is 14.9 Å². The summed E-state index contributed by atoms with van der Waals surface area (Å²) in [4.78, 5) is 0. The van der Waals surface area contributed by atoms with Crippen LogP contribution in [0.2, 0.25) is 0 Å². The number of aliphatic hydroxyl groups is 1. The smallest absolute Gasteiger partial charge is 0.453 e. The number of hydrogen-bond acceptors (Lipinski definition) is 4. The molecule has 10 heteroatoms.